The van der Waals surface area contributed by atoms with Crippen LogP contribution in [-0.4, -0.2) is 7.11 Å². The summed E-state index contributed by atoms with van der Waals surface area (Å²) in [5.41, 5.74) is 2.38. The highest BCUT2D eigenvalue weighted by Crippen LogP contribution is 2.41. The lowest BCUT2D eigenvalue weighted by Crippen LogP contribution is -2.13. The van der Waals surface area contributed by atoms with Crippen LogP contribution in [0.5, 0.6) is 11.5 Å². The molecule has 0 aromatic heterocycles. The molecule has 2 nitrogen and oxygen atoms in total. The largest absolute Gasteiger partial charge is 0.497 e. The second-order valence-electron chi connectivity index (χ2n) is 7.11. The summed E-state index contributed by atoms with van der Waals surface area (Å²) >= 11 is 0. The van der Waals surface area contributed by atoms with Crippen molar-refractivity contribution in [3.05, 3.63) is 82.9 Å². The van der Waals surface area contributed by atoms with Gasteiger partial charge in [0.15, 0.2) is 0 Å². The number of benzene rings is 3. The van der Waals surface area contributed by atoms with Gasteiger partial charge < -0.3 is 9.47 Å². The number of hydrogen-bond donors (Lipinski definition) is 0. The van der Waals surface area contributed by atoms with E-state index in [1.807, 2.05) is 6.07 Å². The molecule has 5 heteroatoms. The monoisotopic (exact) mass is 398 g/mol. The highest BCUT2D eigenvalue weighted by molar-refractivity contribution is 5.69. The van der Waals surface area contributed by atoms with Crippen LogP contribution >= 0.6 is 0 Å². The van der Waals surface area contributed by atoms with Crippen LogP contribution in [0.3, 0.4) is 0 Å². The number of ether oxygens (including phenoxy) is 2. The molecule has 29 heavy (non-hydrogen) atoms. The number of aryl methyl sites for hydroxylation is 1. The van der Waals surface area contributed by atoms with Gasteiger partial charge in [-0.05, 0) is 47.6 Å². The van der Waals surface area contributed by atoms with Gasteiger partial charge in [0.05, 0.1) is 12.7 Å². The molecular formula is C24H21F3O2. The number of fused-ring (bicyclic) bond motifs is 1. The van der Waals surface area contributed by atoms with Crippen molar-refractivity contribution >= 4 is 0 Å². The van der Waals surface area contributed by atoms with E-state index in [1.165, 1.54) is 12.1 Å². The molecule has 0 radical (unpaired) electrons. The van der Waals surface area contributed by atoms with Crippen LogP contribution in [0.15, 0.2) is 60.7 Å². The molecule has 0 N–H and O–H groups in total. The van der Waals surface area contributed by atoms with E-state index < -0.39 is 11.7 Å². The van der Waals surface area contributed by atoms with Gasteiger partial charge in [0.25, 0.3) is 0 Å². The van der Waals surface area contributed by atoms with Gasteiger partial charge in [-0.3, -0.25) is 0 Å². The van der Waals surface area contributed by atoms with E-state index in [0.29, 0.717) is 17.1 Å². The molecule has 0 atom stereocenters. The van der Waals surface area contributed by atoms with Crippen molar-refractivity contribution in [1.29, 1.82) is 0 Å². The zero-order valence-electron chi connectivity index (χ0n) is 16.1. The first kappa shape index (κ1) is 19.4. The SMILES string of the molecule is COc1cc2c(c(OCc3cccc(-c4ccccc4)c3C(F)(F)F)c1)CCC2. The minimum Gasteiger partial charge on any atom is -0.497 e. The van der Waals surface area contributed by atoms with Crippen LogP contribution in [0.4, 0.5) is 13.2 Å². The van der Waals surface area contributed by atoms with Crippen LogP contribution < -0.4 is 9.47 Å². The normalized spacial score (nSPS) is 13.2. The van der Waals surface area contributed by atoms with Gasteiger partial charge in [0.2, 0.25) is 0 Å². The lowest BCUT2D eigenvalue weighted by molar-refractivity contribution is -0.138. The van der Waals surface area contributed by atoms with E-state index in [1.54, 1.807) is 49.6 Å². The number of halogens is 3. The highest BCUT2D eigenvalue weighted by Gasteiger charge is 2.36. The zero-order valence-corrected chi connectivity index (χ0v) is 16.1. The third-order valence-corrected chi connectivity index (χ3v) is 5.29. The van der Waals surface area contributed by atoms with Crippen molar-refractivity contribution in [2.75, 3.05) is 7.11 Å². The average Bonchev–Trinajstić information content (AvgIpc) is 3.20. The first-order valence-corrected chi connectivity index (χ1v) is 9.54. The Labute approximate surface area is 167 Å². The van der Waals surface area contributed by atoms with Crippen molar-refractivity contribution in [3.63, 3.8) is 0 Å². The van der Waals surface area contributed by atoms with Gasteiger partial charge in [-0.15, -0.1) is 0 Å². The highest BCUT2D eigenvalue weighted by atomic mass is 19.4. The molecule has 0 saturated heterocycles. The fraction of sp³-hybridized carbons (Fsp3) is 0.250. The molecule has 1 aliphatic carbocycles. The molecule has 0 aliphatic heterocycles. The molecule has 150 valence electrons. The predicted molar refractivity (Wildman–Crippen MR) is 106 cm³/mol. The van der Waals surface area contributed by atoms with Crippen molar-refractivity contribution in [1.82, 2.24) is 0 Å². The Bertz CT molecular complexity index is 1010. The smallest absolute Gasteiger partial charge is 0.417 e. The van der Waals surface area contributed by atoms with Gasteiger partial charge >= 0.3 is 6.18 Å². The van der Waals surface area contributed by atoms with Crippen molar-refractivity contribution < 1.29 is 22.6 Å². The topological polar surface area (TPSA) is 18.5 Å². The van der Waals surface area contributed by atoms with Crippen LogP contribution in [0.2, 0.25) is 0 Å². The summed E-state index contributed by atoms with van der Waals surface area (Å²) in [4.78, 5) is 0. The van der Waals surface area contributed by atoms with E-state index >= 15 is 0 Å². The molecule has 3 aromatic carbocycles. The molecule has 0 saturated carbocycles. The second-order valence-corrected chi connectivity index (χ2v) is 7.11. The van der Waals surface area contributed by atoms with Crippen LogP contribution in [0, 0.1) is 0 Å². The molecule has 0 spiro atoms. The van der Waals surface area contributed by atoms with E-state index in [2.05, 4.69) is 0 Å². The van der Waals surface area contributed by atoms with Crippen LogP contribution in [0.1, 0.15) is 28.7 Å². The number of alkyl halides is 3. The Morgan fingerprint density at radius 1 is 0.931 bits per heavy atom. The molecule has 4 rings (SSSR count). The maximum atomic E-state index is 14.0. The number of rotatable bonds is 5. The van der Waals surface area contributed by atoms with Gasteiger partial charge in [-0.1, -0.05) is 48.5 Å². The fourth-order valence-corrected chi connectivity index (χ4v) is 3.95. The van der Waals surface area contributed by atoms with Crippen molar-refractivity contribution in [2.24, 2.45) is 0 Å². The van der Waals surface area contributed by atoms with Crippen LogP contribution in [-0.2, 0) is 25.6 Å². The maximum Gasteiger partial charge on any atom is 0.417 e. The van der Waals surface area contributed by atoms with E-state index in [0.717, 1.165) is 30.4 Å². The third kappa shape index (κ3) is 3.95. The minimum absolute atomic E-state index is 0.119. The Morgan fingerprint density at radius 3 is 2.45 bits per heavy atom. The molecule has 0 bridgehead atoms. The zero-order chi connectivity index (χ0) is 20.4. The van der Waals surface area contributed by atoms with E-state index in [9.17, 15) is 13.2 Å². The van der Waals surface area contributed by atoms with Crippen molar-refractivity contribution in [3.8, 4) is 22.6 Å². The Hall–Kier alpha value is -2.95. The lowest BCUT2D eigenvalue weighted by atomic mass is 9.95. The van der Waals surface area contributed by atoms with E-state index in [-0.39, 0.29) is 17.7 Å². The summed E-state index contributed by atoms with van der Waals surface area (Å²) in [6.45, 7) is -0.158. The number of hydrogen-bond acceptors (Lipinski definition) is 2. The molecular weight excluding hydrogens is 377 g/mol. The van der Waals surface area contributed by atoms with Gasteiger partial charge in [-0.2, -0.15) is 13.2 Å². The molecule has 0 fully saturated rings. The van der Waals surface area contributed by atoms with Crippen molar-refractivity contribution in [2.45, 2.75) is 32.0 Å². The number of methoxy groups -OCH3 is 1. The summed E-state index contributed by atoms with van der Waals surface area (Å²) < 4.78 is 53.2. The first-order valence-electron chi connectivity index (χ1n) is 9.54. The first-order chi connectivity index (χ1) is 14.0. The van der Waals surface area contributed by atoms with Gasteiger partial charge in [0, 0.05) is 11.6 Å². The molecule has 0 unspecified atom stereocenters. The average molecular weight is 398 g/mol. The van der Waals surface area contributed by atoms with Gasteiger partial charge in [-0.25, -0.2) is 0 Å². The minimum atomic E-state index is -4.48. The molecule has 0 heterocycles. The standard InChI is InChI=1S/C24H21F3O2/c1-28-19-13-17-9-5-11-20(17)22(14-19)29-15-18-10-6-12-21(23(18)24(25,26)27)16-7-3-2-4-8-16/h2-4,6-8,10,12-14H,5,9,11,15H2,1H3. The maximum absolute atomic E-state index is 14.0. The van der Waals surface area contributed by atoms with E-state index in [4.69, 9.17) is 9.47 Å². The fourth-order valence-electron chi connectivity index (χ4n) is 3.95. The molecule has 3 aromatic rings. The predicted octanol–water partition coefficient (Wildman–Crippen LogP) is 6.45. The summed E-state index contributed by atoms with van der Waals surface area (Å²) in [7, 11) is 1.57. The summed E-state index contributed by atoms with van der Waals surface area (Å²) in [6, 6.07) is 17.0. The van der Waals surface area contributed by atoms with Crippen LogP contribution in [0.25, 0.3) is 11.1 Å². The second kappa shape index (κ2) is 7.82. The quantitative estimate of drug-likeness (QED) is 0.492. The Morgan fingerprint density at radius 2 is 1.72 bits per heavy atom. The van der Waals surface area contributed by atoms with Gasteiger partial charge in [0.1, 0.15) is 18.1 Å². The summed E-state index contributed by atoms with van der Waals surface area (Å²) in [5.74, 6) is 1.27. The third-order valence-electron chi connectivity index (χ3n) is 5.29. The lowest BCUT2D eigenvalue weighted by Gasteiger charge is -2.19. The summed E-state index contributed by atoms with van der Waals surface area (Å²) in [6.07, 6.45) is -1.68. The molecule has 0 amide bonds. The Balaban J connectivity index is 1.71. The summed E-state index contributed by atoms with van der Waals surface area (Å²) in [5, 5.41) is 0. The molecule has 1 aliphatic rings. The Kier molecular flexibility index (Phi) is 5.22.